The number of amides is 1. The Kier molecular flexibility index (Phi) is 5.85. The third-order valence-corrected chi connectivity index (χ3v) is 5.81. The fourth-order valence-corrected chi connectivity index (χ4v) is 3.99. The van der Waals surface area contributed by atoms with Gasteiger partial charge >= 0.3 is 11.9 Å². The number of benzene rings is 2. The van der Waals surface area contributed by atoms with Crippen LogP contribution in [0.1, 0.15) is 10.4 Å². The second-order valence-electron chi connectivity index (χ2n) is 6.08. The fourth-order valence-electron chi connectivity index (χ4n) is 2.73. The molecule has 0 spiro atoms. The summed E-state index contributed by atoms with van der Waals surface area (Å²) in [4.78, 5) is 35.5. The maximum Gasteiger partial charge on any atom is 0.339 e. The maximum atomic E-state index is 12.8. The lowest BCUT2D eigenvalue weighted by Crippen LogP contribution is -2.42. The number of aliphatic carboxylic acids is 1. The van der Waals surface area contributed by atoms with Crippen LogP contribution in [0.5, 0.6) is 5.75 Å². The Morgan fingerprint density at radius 1 is 1.27 bits per heavy atom. The van der Waals surface area contributed by atoms with Crippen LogP contribution in [0.25, 0.3) is 0 Å². The standard InChI is InChI=1S/C18H15ClN2O8S/c1-28-18(25)12-6-10(2-4-13(12)19)20-30(26,27)11-3-5-15-14(7-11)21(8-17(23)24)16(22)9-29-15/h2-7,20H,8-9H2,1H3,(H,23,24). The molecule has 30 heavy (non-hydrogen) atoms. The van der Waals surface area contributed by atoms with Crippen molar-refractivity contribution in [2.45, 2.75) is 4.90 Å². The molecule has 0 atom stereocenters. The summed E-state index contributed by atoms with van der Waals surface area (Å²) in [6.07, 6.45) is 0. The molecule has 0 fully saturated rings. The first-order valence-corrected chi connectivity index (χ1v) is 10.2. The van der Waals surface area contributed by atoms with E-state index >= 15 is 0 Å². The van der Waals surface area contributed by atoms with Crippen molar-refractivity contribution in [1.29, 1.82) is 0 Å². The first-order valence-electron chi connectivity index (χ1n) is 8.32. The SMILES string of the molecule is COC(=O)c1cc(NS(=O)(=O)c2ccc3c(c2)N(CC(=O)O)C(=O)CO3)ccc1Cl. The highest BCUT2D eigenvalue weighted by Gasteiger charge is 2.29. The van der Waals surface area contributed by atoms with Gasteiger partial charge in [-0.1, -0.05) is 11.6 Å². The number of hydrogen-bond acceptors (Lipinski definition) is 7. The highest BCUT2D eigenvalue weighted by atomic mass is 35.5. The van der Waals surface area contributed by atoms with Gasteiger partial charge in [-0.3, -0.25) is 19.2 Å². The first kappa shape index (κ1) is 21.4. The van der Waals surface area contributed by atoms with E-state index in [4.69, 9.17) is 21.4 Å². The van der Waals surface area contributed by atoms with Crippen LogP contribution < -0.4 is 14.4 Å². The number of carbonyl (C=O) groups is 3. The summed E-state index contributed by atoms with van der Waals surface area (Å²) >= 11 is 5.93. The van der Waals surface area contributed by atoms with Gasteiger partial charge in [0.1, 0.15) is 12.3 Å². The summed E-state index contributed by atoms with van der Waals surface area (Å²) < 4.78 is 37.8. The van der Waals surface area contributed by atoms with E-state index in [9.17, 15) is 22.8 Å². The third kappa shape index (κ3) is 4.31. The summed E-state index contributed by atoms with van der Waals surface area (Å²) in [5, 5.41) is 9.11. The van der Waals surface area contributed by atoms with Crippen LogP contribution >= 0.6 is 11.6 Å². The zero-order valence-corrected chi connectivity index (χ0v) is 17.0. The minimum absolute atomic E-state index is 0.0166. The molecule has 0 unspecified atom stereocenters. The Bertz CT molecular complexity index is 1150. The number of halogens is 1. The fraction of sp³-hybridized carbons (Fsp3) is 0.167. The van der Waals surface area contributed by atoms with Gasteiger partial charge in [0.15, 0.2) is 6.61 Å². The Morgan fingerprint density at radius 2 is 2.00 bits per heavy atom. The molecule has 0 radical (unpaired) electrons. The lowest BCUT2D eigenvalue weighted by atomic mass is 10.2. The van der Waals surface area contributed by atoms with Gasteiger partial charge in [-0.25, -0.2) is 13.2 Å². The zero-order valence-electron chi connectivity index (χ0n) is 15.4. The van der Waals surface area contributed by atoms with E-state index in [-0.39, 0.29) is 39.2 Å². The number of nitrogens with one attached hydrogen (secondary N) is 1. The molecule has 3 rings (SSSR count). The molecule has 2 aromatic carbocycles. The van der Waals surface area contributed by atoms with Crippen molar-refractivity contribution in [3.63, 3.8) is 0 Å². The molecule has 1 aliphatic heterocycles. The predicted molar refractivity (Wildman–Crippen MR) is 106 cm³/mol. The van der Waals surface area contributed by atoms with E-state index in [1.807, 2.05) is 0 Å². The molecule has 0 aromatic heterocycles. The van der Waals surface area contributed by atoms with Gasteiger partial charge in [0, 0.05) is 5.69 Å². The quantitative estimate of drug-likeness (QED) is 0.629. The highest BCUT2D eigenvalue weighted by Crippen LogP contribution is 2.34. The molecule has 1 aliphatic rings. The normalized spacial score (nSPS) is 13.3. The van der Waals surface area contributed by atoms with Crippen molar-refractivity contribution >= 4 is 50.8 Å². The Labute approximate surface area is 176 Å². The van der Waals surface area contributed by atoms with Gasteiger partial charge in [-0.05, 0) is 36.4 Å². The summed E-state index contributed by atoms with van der Waals surface area (Å²) in [6, 6.07) is 7.61. The van der Waals surface area contributed by atoms with Crippen LogP contribution in [0.15, 0.2) is 41.3 Å². The number of anilines is 2. The van der Waals surface area contributed by atoms with Gasteiger partial charge in [-0.15, -0.1) is 0 Å². The molecule has 0 saturated heterocycles. The van der Waals surface area contributed by atoms with Crippen molar-refractivity contribution in [1.82, 2.24) is 0 Å². The second-order valence-corrected chi connectivity index (χ2v) is 8.17. The average molecular weight is 455 g/mol. The minimum Gasteiger partial charge on any atom is -0.482 e. The molecule has 1 amide bonds. The van der Waals surface area contributed by atoms with Crippen LogP contribution in [0.4, 0.5) is 11.4 Å². The van der Waals surface area contributed by atoms with E-state index in [2.05, 4.69) is 9.46 Å². The molecule has 0 aliphatic carbocycles. The number of ether oxygens (including phenoxy) is 2. The molecule has 1 heterocycles. The number of fused-ring (bicyclic) bond motifs is 1. The van der Waals surface area contributed by atoms with Crippen molar-refractivity contribution < 1.29 is 37.4 Å². The van der Waals surface area contributed by atoms with Gasteiger partial charge in [0.2, 0.25) is 0 Å². The average Bonchev–Trinajstić information content (AvgIpc) is 2.70. The second kappa shape index (κ2) is 8.20. The highest BCUT2D eigenvalue weighted by molar-refractivity contribution is 7.92. The molecular formula is C18H15ClN2O8S. The number of carboxylic acids is 1. The van der Waals surface area contributed by atoms with Crippen molar-refractivity contribution in [2.24, 2.45) is 0 Å². The van der Waals surface area contributed by atoms with Gasteiger partial charge in [0.05, 0.1) is 28.3 Å². The Morgan fingerprint density at radius 3 is 2.67 bits per heavy atom. The number of carbonyl (C=O) groups excluding carboxylic acids is 2. The summed E-state index contributed by atoms with van der Waals surface area (Å²) in [5.41, 5.74) is 0.0338. The van der Waals surface area contributed by atoms with Crippen LogP contribution in [-0.2, 0) is 24.3 Å². The van der Waals surface area contributed by atoms with E-state index in [1.165, 1.54) is 30.3 Å². The number of sulfonamides is 1. The van der Waals surface area contributed by atoms with Crippen LogP contribution in [0.3, 0.4) is 0 Å². The van der Waals surface area contributed by atoms with Gasteiger partial charge < -0.3 is 14.6 Å². The van der Waals surface area contributed by atoms with E-state index in [0.717, 1.165) is 18.1 Å². The van der Waals surface area contributed by atoms with Crippen molar-refractivity contribution in [2.75, 3.05) is 29.9 Å². The lowest BCUT2D eigenvalue weighted by Gasteiger charge is -2.28. The van der Waals surface area contributed by atoms with Crippen molar-refractivity contribution in [3.05, 3.63) is 47.0 Å². The molecule has 10 nitrogen and oxygen atoms in total. The number of carboxylic acid groups (broad SMARTS) is 1. The smallest absolute Gasteiger partial charge is 0.339 e. The van der Waals surface area contributed by atoms with Crippen LogP contribution in [0.2, 0.25) is 5.02 Å². The topological polar surface area (TPSA) is 139 Å². The van der Waals surface area contributed by atoms with E-state index in [1.54, 1.807) is 0 Å². The summed E-state index contributed by atoms with van der Waals surface area (Å²) in [5.74, 6) is -2.45. The molecule has 12 heteroatoms. The monoisotopic (exact) mass is 454 g/mol. The molecule has 2 N–H and O–H groups in total. The number of esters is 1. The molecular weight excluding hydrogens is 440 g/mol. The number of hydrogen-bond donors (Lipinski definition) is 2. The zero-order chi connectivity index (χ0) is 22.1. The first-order chi connectivity index (χ1) is 14.1. The minimum atomic E-state index is -4.16. The van der Waals surface area contributed by atoms with E-state index < -0.39 is 34.4 Å². The predicted octanol–water partition coefficient (Wildman–Crippen LogP) is 1.74. The number of rotatable bonds is 6. The summed E-state index contributed by atoms with van der Waals surface area (Å²) in [6.45, 7) is -1.00. The molecule has 158 valence electrons. The maximum absolute atomic E-state index is 12.8. The van der Waals surface area contributed by atoms with E-state index in [0.29, 0.717) is 0 Å². The molecule has 0 saturated carbocycles. The largest absolute Gasteiger partial charge is 0.482 e. The molecule has 2 aromatic rings. The molecule has 0 bridgehead atoms. The third-order valence-electron chi connectivity index (χ3n) is 4.10. The number of methoxy groups -OCH3 is 1. The Hall–Kier alpha value is -3.31. The van der Waals surface area contributed by atoms with Gasteiger partial charge in [-0.2, -0.15) is 0 Å². The summed E-state index contributed by atoms with van der Waals surface area (Å²) in [7, 11) is -3.00. The lowest BCUT2D eigenvalue weighted by molar-refractivity contribution is -0.137. The van der Waals surface area contributed by atoms with Gasteiger partial charge in [0.25, 0.3) is 15.9 Å². The van der Waals surface area contributed by atoms with Crippen LogP contribution in [0, 0.1) is 0 Å². The van der Waals surface area contributed by atoms with Crippen LogP contribution in [-0.4, -0.2) is 51.6 Å². The van der Waals surface area contributed by atoms with Crippen molar-refractivity contribution in [3.8, 4) is 5.75 Å². The number of nitrogens with zero attached hydrogens (tertiary/aromatic N) is 1. The Balaban J connectivity index is 1.96.